The lowest BCUT2D eigenvalue weighted by molar-refractivity contribution is 0.0953. The first-order chi connectivity index (χ1) is 7.47. The molecule has 1 aliphatic rings. The van der Waals surface area contributed by atoms with E-state index in [2.05, 4.69) is 20.8 Å². The van der Waals surface area contributed by atoms with E-state index in [1.165, 1.54) is 0 Å². The standard InChI is InChI=1S/C14H18O2/c1-14(2,3)9-11-13(16-11)12(15)10-7-5-4-6-8-10/h4-8,11,13H,9H2,1-3H3/t11-,13+/m1/s1. The summed E-state index contributed by atoms with van der Waals surface area (Å²) in [5.41, 5.74) is 0.972. The van der Waals surface area contributed by atoms with Crippen LogP contribution < -0.4 is 0 Å². The molecule has 86 valence electrons. The Hall–Kier alpha value is -1.15. The zero-order valence-corrected chi connectivity index (χ0v) is 10.1. The van der Waals surface area contributed by atoms with E-state index in [0.717, 1.165) is 12.0 Å². The minimum atomic E-state index is -0.207. The van der Waals surface area contributed by atoms with Gasteiger partial charge >= 0.3 is 0 Å². The van der Waals surface area contributed by atoms with E-state index < -0.39 is 0 Å². The van der Waals surface area contributed by atoms with Gasteiger partial charge in [0.2, 0.25) is 0 Å². The Morgan fingerprint density at radius 1 is 1.25 bits per heavy atom. The third-order valence-electron chi connectivity index (χ3n) is 2.71. The highest BCUT2D eigenvalue weighted by atomic mass is 16.6. The lowest BCUT2D eigenvalue weighted by Crippen LogP contribution is -2.15. The van der Waals surface area contributed by atoms with Gasteiger partial charge in [0.1, 0.15) is 6.10 Å². The zero-order valence-electron chi connectivity index (χ0n) is 10.1. The van der Waals surface area contributed by atoms with Crippen LogP contribution in [0.15, 0.2) is 30.3 Å². The van der Waals surface area contributed by atoms with E-state index in [4.69, 9.17) is 4.74 Å². The van der Waals surface area contributed by atoms with Gasteiger partial charge in [-0.15, -0.1) is 0 Å². The molecule has 0 aliphatic carbocycles. The summed E-state index contributed by atoms with van der Waals surface area (Å²) in [6, 6.07) is 9.37. The van der Waals surface area contributed by atoms with Crippen molar-refractivity contribution in [2.75, 3.05) is 0 Å². The van der Waals surface area contributed by atoms with Crippen LogP contribution in [0.5, 0.6) is 0 Å². The number of hydrogen-bond acceptors (Lipinski definition) is 2. The second-order valence-electron chi connectivity index (χ2n) is 5.59. The van der Waals surface area contributed by atoms with Crippen LogP contribution in [0.1, 0.15) is 37.6 Å². The van der Waals surface area contributed by atoms with Gasteiger partial charge in [0.25, 0.3) is 0 Å². The minimum absolute atomic E-state index is 0.118. The fourth-order valence-electron chi connectivity index (χ4n) is 1.90. The number of ether oxygens (including phenoxy) is 1. The molecule has 2 atom stereocenters. The normalized spacial score (nSPS) is 24.2. The Labute approximate surface area is 96.6 Å². The highest BCUT2D eigenvalue weighted by molar-refractivity contribution is 6.01. The fraction of sp³-hybridized carbons (Fsp3) is 0.500. The van der Waals surface area contributed by atoms with E-state index in [0.29, 0.717) is 0 Å². The van der Waals surface area contributed by atoms with Crippen LogP contribution in [0, 0.1) is 5.41 Å². The molecule has 2 rings (SSSR count). The molecule has 0 unspecified atom stereocenters. The smallest absolute Gasteiger partial charge is 0.194 e. The Balaban J connectivity index is 1.95. The van der Waals surface area contributed by atoms with Crippen LogP contribution in [0.4, 0.5) is 0 Å². The topological polar surface area (TPSA) is 29.6 Å². The SMILES string of the molecule is CC(C)(C)C[C@H]1O[C@@H]1C(=O)c1ccccc1. The van der Waals surface area contributed by atoms with Crippen molar-refractivity contribution in [3.8, 4) is 0 Å². The number of carbonyl (C=O) groups excluding carboxylic acids is 1. The molecule has 2 nitrogen and oxygen atoms in total. The Morgan fingerprint density at radius 2 is 1.88 bits per heavy atom. The lowest BCUT2D eigenvalue weighted by atomic mass is 9.89. The summed E-state index contributed by atoms with van der Waals surface area (Å²) in [6.45, 7) is 6.50. The summed E-state index contributed by atoms with van der Waals surface area (Å²) >= 11 is 0. The quantitative estimate of drug-likeness (QED) is 0.576. The van der Waals surface area contributed by atoms with Gasteiger partial charge in [0.15, 0.2) is 5.78 Å². The van der Waals surface area contributed by atoms with Gasteiger partial charge in [0, 0.05) is 5.56 Å². The predicted molar refractivity (Wildman–Crippen MR) is 63.5 cm³/mol. The third-order valence-corrected chi connectivity index (χ3v) is 2.71. The number of epoxide rings is 1. The molecular formula is C14H18O2. The fourth-order valence-corrected chi connectivity index (χ4v) is 1.90. The van der Waals surface area contributed by atoms with Crippen molar-refractivity contribution in [2.24, 2.45) is 5.41 Å². The Morgan fingerprint density at radius 3 is 2.44 bits per heavy atom. The van der Waals surface area contributed by atoms with Crippen LogP contribution in [0.3, 0.4) is 0 Å². The largest absolute Gasteiger partial charge is 0.361 e. The molecule has 0 saturated carbocycles. The van der Waals surface area contributed by atoms with E-state index in [1.807, 2.05) is 30.3 Å². The van der Waals surface area contributed by atoms with Gasteiger partial charge in [-0.2, -0.15) is 0 Å². The number of rotatable bonds is 3. The average molecular weight is 218 g/mol. The van der Waals surface area contributed by atoms with Gasteiger partial charge in [-0.25, -0.2) is 0 Å². The maximum absolute atomic E-state index is 12.0. The van der Waals surface area contributed by atoms with Crippen molar-refractivity contribution in [1.82, 2.24) is 0 Å². The average Bonchev–Trinajstić information content (AvgIpc) is 2.95. The molecule has 0 spiro atoms. The predicted octanol–water partition coefficient (Wildman–Crippen LogP) is 3.07. The van der Waals surface area contributed by atoms with Gasteiger partial charge in [-0.3, -0.25) is 4.79 Å². The molecule has 2 heteroatoms. The van der Waals surface area contributed by atoms with Crippen LogP contribution >= 0.6 is 0 Å². The molecule has 1 aromatic rings. The number of hydrogen-bond donors (Lipinski definition) is 0. The lowest BCUT2D eigenvalue weighted by Gasteiger charge is -2.15. The Bertz CT molecular complexity index is 375. The molecular weight excluding hydrogens is 200 g/mol. The monoisotopic (exact) mass is 218 g/mol. The van der Waals surface area contributed by atoms with Gasteiger partial charge in [0.05, 0.1) is 6.10 Å². The van der Waals surface area contributed by atoms with E-state index in [9.17, 15) is 4.79 Å². The van der Waals surface area contributed by atoms with Crippen molar-refractivity contribution in [3.05, 3.63) is 35.9 Å². The van der Waals surface area contributed by atoms with Gasteiger partial charge < -0.3 is 4.74 Å². The van der Waals surface area contributed by atoms with E-state index >= 15 is 0 Å². The van der Waals surface area contributed by atoms with Crippen molar-refractivity contribution in [1.29, 1.82) is 0 Å². The van der Waals surface area contributed by atoms with Gasteiger partial charge in [-0.05, 0) is 11.8 Å². The zero-order chi connectivity index (χ0) is 11.8. The maximum atomic E-state index is 12.0. The van der Waals surface area contributed by atoms with Crippen molar-refractivity contribution in [2.45, 2.75) is 39.4 Å². The molecule has 1 fully saturated rings. The summed E-state index contributed by atoms with van der Waals surface area (Å²) in [4.78, 5) is 12.0. The second kappa shape index (κ2) is 4.02. The molecule has 1 saturated heterocycles. The molecule has 1 aliphatic heterocycles. The Kier molecular flexibility index (Phi) is 2.85. The third kappa shape index (κ3) is 2.70. The number of carbonyl (C=O) groups is 1. The molecule has 1 heterocycles. The minimum Gasteiger partial charge on any atom is -0.361 e. The first-order valence-electron chi connectivity index (χ1n) is 5.72. The molecule has 0 N–H and O–H groups in total. The number of Topliss-reactive ketones (excluding diaryl/α,β-unsaturated/α-hetero) is 1. The molecule has 0 amide bonds. The van der Waals surface area contributed by atoms with Crippen LogP contribution in [-0.4, -0.2) is 18.0 Å². The highest BCUT2D eigenvalue weighted by Gasteiger charge is 2.46. The van der Waals surface area contributed by atoms with Crippen LogP contribution in [0.25, 0.3) is 0 Å². The first kappa shape index (κ1) is 11.3. The highest BCUT2D eigenvalue weighted by Crippen LogP contribution is 2.35. The van der Waals surface area contributed by atoms with E-state index in [1.54, 1.807) is 0 Å². The summed E-state index contributed by atoms with van der Waals surface area (Å²) in [5.74, 6) is 0.120. The van der Waals surface area contributed by atoms with E-state index in [-0.39, 0.29) is 23.4 Å². The summed E-state index contributed by atoms with van der Waals surface area (Å²) < 4.78 is 5.46. The summed E-state index contributed by atoms with van der Waals surface area (Å²) in [7, 11) is 0. The molecule has 0 radical (unpaired) electrons. The molecule has 0 aromatic heterocycles. The van der Waals surface area contributed by atoms with Crippen molar-refractivity contribution >= 4 is 5.78 Å². The van der Waals surface area contributed by atoms with Crippen molar-refractivity contribution in [3.63, 3.8) is 0 Å². The number of ketones is 1. The molecule has 0 bridgehead atoms. The first-order valence-corrected chi connectivity index (χ1v) is 5.72. The maximum Gasteiger partial charge on any atom is 0.194 e. The molecule has 1 aromatic carbocycles. The van der Waals surface area contributed by atoms with Crippen LogP contribution in [0.2, 0.25) is 0 Å². The molecule has 16 heavy (non-hydrogen) atoms. The van der Waals surface area contributed by atoms with Gasteiger partial charge in [-0.1, -0.05) is 51.1 Å². The second-order valence-corrected chi connectivity index (χ2v) is 5.59. The number of benzene rings is 1. The summed E-state index contributed by atoms with van der Waals surface area (Å²) in [6.07, 6.45) is 0.852. The summed E-state index contributed by atoms with van der Waals surface area (Å²) in [5, 5.41) is 0. The van der Waals surface area contributed by atoms with Crippen molar-refractivity contribution < 1.29 is 9.53 Å². The van der Waals surface area contributed by atoms with Crippen LogP contribution in [-0.2, 0) is 4.74 Å².